The van der Waals surface area contributed by atoms with E-state index in [1.165, 1.54) is 30.3 Å². The highest BCUT2D eigenvalue weighted by Crippen LogP contribution is 2.54. The predicted octanol–water partition coefficient (Wildman–Crippen LogP) is 4.19. The van der Waals surface area contributed by atoms with E-state index in [2.05, 4.69) is 4.40 Å². The molecule has 0 spiro atoms. The molecule has 0 aliphatic heterocycles. The minimum atomic E-state index is -7.10. The summed E-state index contributed by atoms with van der Waals surface area (Å²) in [7, 11) is -4.38. The Balaban J connectivity index is 3.14. The molecule has 0 aromatic heterocycles. The van der Waals surface area contributed by atoms with Gasteiger partial charge in [-0.2, -0.15) is 43.9 Å². The normalized spacial score (nSPS) is 15.9. The first-order valence-corrected chi connectivity index (χ1v) is 6.57. The van der Waals surface area contributed by atoms with Crippen LogP contribution in [0.5, 0.6) is 0 Å². The fourth-order valence-electron chi connectivity index (χ4n) is 1.18. The van der Waals surface area contributed by atoms with Crippen LogP contribution in [0.1, 0.15) is 5.56 Å². The van der Waals surface area contributed by atoms with Crippen molar-refractivity contribution in [1.82, 2.24) is 0 Å². The van der Waals surface area contributed by atoms with E-state index in [9.17, 15) is 43.7 Å². The molecule has 0 radical (unpaired) electrons. The summed E-state index contributed by atoms with van der Waals surface area (Å²) < 4.78 is 127. The zero-order valence-corrected chi connectivity index (χ0v) is 11.4. The molecule has 0 aliphatic rings. The molecule has 0 saturated heterocycles. The van der Waals surface area contributed by atoms with E-state index in [1.807, 2.05) is 0 Å². The van der Waals surface area contributed by atoms with Gasteiger partial charge in [0, 0.05) is 6.21 Å². The highest BCUT2D eigenvalue weighted by Gasteiger charge is 2.83. The van der Waals surface area contributed by atoms with Gasteiger partial charge in [-0.05, 0) is 5.56 Å². The van der Waals surface area contributed by atoms with Crippen LogP contribution in [0.2, 0.25) is 0 Å². The van der Waals surface area contributed by atoms with Gasteiger partial charge in [0.1, 0.15) is 0 Å². The van der Waals surface area contributed by atoms with Crippen molar-refractivity contribution in [2.24, 2.45) is 4.40 Å². The molecule has 0 N–H and O–H groups in total. The Labute approximate surface area is 125 Å². The van der Waals surface area contributed by atoms with E-state index < -0.39 is 34.3 Å². The van der Waals surface area contributed by atoms with Gasteiger partial charge < -0.3 is 0 Å². The number of halogens is 9. The minimum absolute atomic E-state index is 0.0115. The summed E-state index contributed by atoms with van der Waals surface area (Å²) in [5, 5.41) is -6.25. The van der Waals surface area contributed by atoms with Gasteiger partial charge in [-0.15, -0.1) is 0 Å². The third-order valence-electron chi connectivity index (χ3n) is 2.43. The van der Waals surface area contributed by atoms with Crippen LogP contribution < -0.4 is 0 Å². The molecular weight excluding hydrogens is 365 g/mol. The fraction of sp³-hybridized carbons (Fsp3) is 0.364. The monoisotopic (exact) mass is 371 g/mol. The second kappa shape index (κ2) is 6.13. The molecule has 0 heterocycles. The van der Waals surface area contributed by atoms with Crippen molar-refractivity contribution in [3.63, 3.8) is 0 Å². The zero-order chi connectivity index (χ0) is 18.1. The lowest BCUT2D eigenvalue weighted by Crippen LogP contribution is -2.61. The lowest BCUT2D eigenvalue weighted by Gasteiger charge is -2.31. The maximum Gasteiger partial charge on any atom is 0.460 e. The molecule has 0 bridgehead atoms. The van der Waals surface area contributed by atoms with Crippen LogP contribution in [0, 0.1) is 0 Å². The van der Waals surface area contributed by atoms with Crippen molar-refractivity contribution in [3.05, 3.63) is 35.9 Å². The number of rotatable bonds is 5. The molecule has 1 aromatic rings. The van der Waals surface area contributed by atoms with Gasteiger partial charge in [0.2, 0.25) is 11.0 Å². The van der Waals surface area contributed by atoms with Gasteiger partial charge in [0.25, 0.3) is 0 Å². The molecule has 0 fully saturated rings. The van der Waals surface area contributed by atoms with E-state index in [1.54, 1.807) is 0 Å². The van der Waals surface area contributed by atoms with Crippen molar-refractivity contribution < 1.29 is 43.7 Å². The third kappa shape index (κ3) is 3.51. The van der Waals surface area contributed by atoms with E-state index in [-0.39, 0.29) is 5.56 Å². The van der Waals surface area contributed by atoms with E-state index in [4.69, 9.17) is 0 Å². The van der Waals surface area contributed by atoms with Crippen LogP contribution >= 0.6 is 0 Å². The number of hydrogen-bond donors (Lipinski definition) is 0. The Morgan fingerprint density at radius 1 is 0.826 bits per heavy atom. The molecule has 1 unspecified atom stereocenters. The lowest BCUT2D eigenvalue weighted by molar-refractivity contribution is -0.381. The smallest absolute Gasteiger partial charge is 0.228 e. The van der Waals surface area contributed by atoms with Crippen molar-refractivity contribution in [2.45, 2.75) is 23.3 Å². The largest absolute Gasteiger partial charge is 0.460 e. The summed E-state index contributed by atoms with van der Waals surface area (Å²) in [6, 6.07) is 6.60. The van der Waals surface area contributed by atoms with E-state index >= 15 is 0 Å². The predicted molar refractivity (Wildman–Crippen MR) is 63.1 cm³/mol. The SMILES string of the molecule is O=S(N=Cc1ccccc1)C(F)(F)C(F)(F)C(F)(F)C(F)(F)F. The van der Waals surface area contributed by atoms with Crippen LogP contribution in [0.3, 0.4) is 0 Å². The first-order valence-electron chi connectivity index (χ1n) is 5.46. The molecule has 2 nitrogen and oxygen atoms in total. The molecule has 1 rings (SSSR count). The molecule has 1 aromatic carbocycles. The number of hydrogen-bond acceptors (Lipinski definition) is 1. The van der Waals surface area contributed by atoms with Gasteiger partial charge >= 0.3 is 23.3 Å². The van der Waals surface area contributed by atoms with Crippen LogP contribution in [0.15, 0.2) is 34.7 Å². The summed E-state index contributed by atoms with van der Waals surface area (Å²) in [6.45, 7) is 0. The minimum Gasteiger partial charge on any atom is -0.228 e. The van der Waals surface area contributed by atoms with Crippen molar-refractivity contribution in [1.29, 1.82) is 0 Å². The van der Waals surface area contributed by atoms with Crippen molar-refractivity contribution in [3.8, 4) is 0 Å². The topological polar surface area (TPSA) is 29.4 Å². The summed E-state index contributed by atoms with van der Waals surface area (Å²) in [5.74, 6) is -14.1. The highest BCUT2D eigenvalue weighted by molar-refractivity contribution is 7.85. The average molecular weight is 371 g/mol. The number of benzene rings is 1. The van der Waals surface area contributed by atoms with Gasteiger partial charge in [0.05, 0.1) is 0 Å². The Morgan fingerprint density at radius 3 is 1.74 bits per heavy atom. The van der Waals surface area contributed by atoms with Crippen LogP contribution in [-0.2, 0) is 11.0 Å². The van der Waals surface area contributed by atoms with E-state index in [0.717, 1.165) is 0 Å². The molecule has 130 valence electrons. The lowest BCUT2D eigenvalue weighted by atomic mass is 10.1. The van der Waals surface area contributed by atoms with Gasteiger partial charge in [-0.25, -0.2) is 4.21 Å². The molecule has 0 saturated carbocycles. The third-order valence-corrected chi connectivity index (χ3v) is 3.42. The van der Waals surface area contributed by atoms with Gasteiger partial charge in [-0.1, -0.05) is 30.3 Å². The summed E-state index contributed by atoms with van der Waals surface area (Å²) in [6.07, 6.45) is -6.58. The molecule has 0 aliphatic carbocycles. The second-order valence-corrected chi connectivity index (χ2v) is 5.28. The number of nitrogens with zero attached hydrogens (tertiary/aromatic N) is 1. The van der Waals surface area contributed by atoms with Crippen LogP contribution in [0.4, 0.5) is 39.5 Å². The second-order valence-electron chi connectivity index (χ2n) is 4.06. The Kier molecular flexibility index (Phi) is 5.19. The van der Waals surface area contributed by atoms with E-state index in [0.29, 0.717) is 6.21 Å². The average Bonchev–Trinajstić information content (AvgIpc) is 2.44. The Morgan fingerprint density at radius 2 is 1.30 bits per heavy atom. The fourth-order valence-corrected chi connectivity index (χ4v) is 1.88. The van der Waals surface area contributed by atoms with Crippen LogP contribution in [0.25, 0.3) is 0 Å². The summed E-state index contributed by atoms with van der Waals surface area (Å²) in [5.41, 5.74) is -0.0115. The summed E-state index contributed by atoms with van der Waals surface area (Å²) in [4.78, 5) is 0. The van der Waals surface area contributed by atoms with Crippen molar-refractivity contribution in [2.75, 3.05) is 0 Å². The molecule has 0 amide bonds. The molecule has 12 heteroatoms. The maximum absolute atomic E-state index is 13.2. The zero-order valence-electron chi connectivity index (χ0n) is 10.6. The Hall–Kier alpha value is -1.59. The van der Waals surface area contributed by atoms with Crippen LogP contribution in [-0.4, -0.2) is 33.7 Å². The first kappa shape index (κ1) is 19.5. The quantitative estimate of drug-likeness (QED) is 0.564. The number of alkyl halides is 9. The summed E-state index contributed by atoms with van der Waals surface area (Å²) >= 11 is 0. The maximum atomic E-state index is 13.2. The first-order chi connectivity index (χ1) is 10.2. The van der Waals surface area contributed by atoms with Gasteiger partial charge in [-0.3, -0.25) is 0 Å². The Bertz CT molecular complexity index is 597. The molecular formula is C11H6F9NOS. The van der Waals surface area contributed by atoms with Crippen molar-refractivity contribution >= 4 is 17.2 Å². The van der Waals surface area contributed by atoms with Gasteiger partial charge in [0.15, 0.2) is 0 Å². The highest BCUT2D eigenvalue weighted by atomic mass is 32.2. The molecule has 1 atom stereocenters. The molecule has 23 heavy (non-hydrogen) atoms. The standard InChI is InChI=1S/C11H6F9NOS/c12-8(13,10(16,17)18)9(14,15)11(19,20)23(22)21-6-7-4-2-1-3-5-7/h1-6H.